The van der Waals surface area contributed by atoms with Crippen LogP contribution >= 0.6 is 15.9 Å². The number of ether oxygens (including phenoxy) is 1. The summed E-state index contributed by atoms with van der Waals surface area (Å²) in [5.41, 5.74) is 7.95. The van der Waals surface area contributed by atoms with Crippen LogP contribution in [0.15, 0.2) is 46.9 Å². The average molecular weight is 350 g/mol. The minimum Gasteiger partial charge on any atom is -0.493 e. The maximum Gasteiger partial charge on any atom is 0.123 e. The Morgan fingerprint density at radius 3 is 2.86 bits per heavy atom. The highest BCUT2D eigenvalue weighted by Crippen LogP contribution is 2.37. The summed E-state index contributed by atoms with van der Waals surface area (Å²) in [5.74, 6) is 0.706. The summed E-state index contributed by atoms with van der Waals surface area (Å²) in [7, 11) is 0. The minimum absolute atomic E-state index is 0.190. The number of hydrogen-bond donors (Lipinski definition) is 1. The van der Waals surface area contributed by atoms with Crippen LogP contribution in [-0.2, 0) is 12.8 Å². The van der Waals surface area contributed by atoms with Crippen LogP contribution in [-0.4, -0.2) is 13.2 Å². The molecule has 2 aromatic carbocycles. The first kappa shape index (κ1) is 14.5. The molecule has 1 unspecified atom stereocenters. The maximum absolute atomic E-state index is 13.5. The standard InChI is InChI=1S/C17H17BrFNO/c18-15-6-5-14(19)7-13(15)9-17(10-20)8-12-3-1-2-4-16(12)21-11-17/h1-7H,8-11,20H2. The topological polar surface area (TPSA) is 35.2 Å². The summed E-state index contributed by atoms with van der Waals surface area (Å²) in [6, 6.07) is 12.8. The van der Waals surface area contributed by atoms with E-state index in [1.54, 1.807) is 12.1 Å². The van der Waals surface area contributed by atoms with Crippen molar-refractivity contribution >= 4 is 15.9 Å². The lowest BCUT2D eigenvalue weighted by Gasteiger charge is -2.37. The van der Waals surface area contributed by atoms with Gasteiger partial charge >= 0.3 is 0 Å². The molecule has 1 aliphatic rings. The van der Waals surface area contributed by atoms with Gasteiger partial charge in [0.2, 0.25) is 0 Å². The van der Waals surface area contributed by atoms with E-state index in [2.05, 4.69) is 22.0 Å². The van der Waals surface area contributed by atoms with Crippen molar-refractivity contribution in [1.29, 1.82) is 0 Å². The molecule has 1 atom stereocenters. The molecule has 0 aromatic heterocycles. The molecule has 0 aliphatic carbocycles. The van der Waals surface area contributed by atoms with E-state index in [0.29, 0.717) is 19.6 Å². The highest BCUT2D eigenvalue weighted by Gasteiger charge is 2.35. The van der Waals surface area contributed by atoms with E-state index in [0.717, 1.165) is 22.2 Å². The fourth-order valence-corrected chi connectivity index (χ4v) is 3.26. The number of para-hydroxylation sites is 1. The van der Waals surface area contributed by atoms with Crippen molar-refractivity contribution in [1.82, 2.24) is 0 Å². The van der Waals surface area contributed by atoms with Gasteiger partial charge in [0.1, 0.15) is 11.6 Å². The van der Waals surface area contributed by atoms with E-state index in [9.17, 15) is 4.39 Å². The number of fused-ring (bicyclic) bond motifs is 1. The molecule has 0 bridgehead atoms. The molecule has 0 amide bonds. The Kier molecular flexibility index (Phi) is 4.00. The molecule has 2 nitrogen and oxygen atoms in total. The summed E-state index contributed by atoms with van der Waals surface area (Å²) in [6.45, 7) is 1.06. The van der Waals surface area contributed by atoms with Gasteiger partial charge in [-0.2, -0.15) is 0 Å². The van der Waals surface area contributed by atoms with Crippen molar-refractivity contribution in [3.63, 3.8) is 0 Å². The molecule has 2 N–H and O–H groups in total. The fourth-order valence-electron chi connectivity index (χ4n) is 2.88. The van der Waals surface area contributed by atoms with Gasteiger partial charge in [0.15, 0.2) is 0 Å². The minimum atomic E-state index is -0.225. The molecular formula is C17H17BrFNO. The van der Waals surface area contributed by atoms with Crippen LogP contribution in [0, 0.1) is 11.2 Å². The van der Waals surface area contributed by atoms with Crippen LogP contribution in [0.2, 0.25) is 0 Å². The molecule has 0 radical (unpaired) electrons. The second-order valence-corrected chi connectivity index (χ2v) is 6.54. The first-order valence-electron chi connectivity index (χ1n) is 6.97. The first-order chi connectivity index (χ1) is 10.1. The van der Waals surface area contributed by atoms with Crippen molar-refractivity contribution in [2.75, 3.05) is 13.2 Å². The van der Waals surface area contributed by atoms with Gasteiger partial charge in [0.25, 0.3) is 0 Å². The Bertz CT molecular complexity index is 661. The average Bonchev–Trinajstić information content (AvgIpc) is 2.51. The Labute approximate surface area is 132 Å². The summed E-state index contributed by atoms with van der Waals surface area (Å²) in [5, 5.41) is 0. The van der Waals surface area contributed by atoms with Gasteiger partial charge in [-0.3, -0.25) is 0 Å². The number of rotatable bonds is 3. The van der Waals surface area contributed by atoms with Crippen molar-refractivity contribution in [2.24, 2.45) is 11.1 Å². The molecule has 110 valence electrons. The van der Waals surface area contributed by atoms with E-state index in [4.69, 9.17) is 10.5 Å². The Morgan fingerprint density at radius 2 is 2.05 bits per heavy atom. The summed E-state index contributed by atoms with van der Waals surface area (Å²) in [4.78, 5) is 0. The van der Waals surface area contributed by atoms with Crippen LogP contribution in [0.3, 0.4) is 0 Å². The Morgan fingerprint density at radius 1 is 1.24 bits per heavy atom. The number of nitrogens with two attached hydrogens (primary N) is 1. The van der Waals surface area contributed by atoms with E-state index < -0.39 is 0 Å². The zero-order valence-corrected chi connectivity index (χ0v) is 13.2. The molecule has 0 spiro atoms. The SMILES string of the molecule is NCC1(Cc2cc(F)ccc2Br)COc2ccccc2C1. The van der Waals surface area contributed by atoms with Crippen molar-refractivity contribution in [2.45, 2.75) is 12.8 Å². The monoisotopic (exact) mass is 349 g/mol. The van der Waals surface area contributed by atoms with Gasteiger partial charge in [-0.15, -0.1) is 0 Å². The highest BCUT2D eigenvalue weighted by molar-refractivity contribution is 9.10. The van der Waals surface area contributed by atoms with Gasteiger partial charge in [-0.25, -0.2) is 4.39 Å². The molecule has 3 rings (SSSR count). The first-order valence-corrected chi connectivity index (χ1v) is 7.76. The van der Waals surface area contributed by atoms with Gasteiger partial charge < -0.3 is 10.5 Å². The predicted molar refractivity (Wildman–Crippen MR) is 84.9 cm³/mol. The second-order valence-electron chi connectivity index (χ2n) is 5.69. The van der Waals surface area contributed by atoms with Gasteiger partial charge in [-0.1, -0.05) is 34.1 Å². The Balaban J connectivity index is 1.90. The zero-order valence-electron chi connectivity index (χ0n) is 11.6. The third kappa shape index (κ3) is 2.97. The van der Waals surface area contributed by atoms with E-state index in [1.807, 2.05) is 18.2 Å². The van der Waals surface area contributed by atoms with Gasteiger partial charge in [-0.05, 0) is 48.2 Å². The van der Waals surface area contributed by atoms with Crippen LogP contribution < -0.4 is 10.5 Å². The van der Waals surface area contributed by atoms with Crippen molar-refractivity contribution < 1.29 is 9.13 Å². The largest absolute Gasteiger partial charge is 0.493 e. The number of benzene rings is 2. The smallest absolute Gasteiger partial charge is 0.123 e. The van der Waals surface area contributed by atoms with E-state index in [1.165, 1.54) is 11.6 Å². The predicted octanol–water partition coefficient (Wildman–Crippen LogP) is 3.71. The summed E-state index contributed by atoms with van der Waals surface area (Å²) in [6.07, 6.45) is 1.54. The van der Waals surface area contributed by atoms with E-state index in [-0.39, 0.29) is 11.2 Å². The highest BCUT2D eigenvalue weighted by atomic mass is 79.9. The summed E-state index contributed by atoms with van der Waals surface area (Å²) >= 11 is 3.49. The molecule has 0 fully saturated rings. The number of hydrogen-bond acceptors (Lipinski definition) is 2. The van der Waals surface area contributed by atoms with Crippen LogP contribution in [0.5, 0.6) is 5.75 Å². The van der Waals surface area contributed by atoms with Crippen molar-refractivity contribution in [3.05, 3.63) is 63.9 Å². The molecule has 0 saturated carbocycles. The van der Waals surface area contributed by atoms with Gasteiger partial charge in [0.05, 0.1) is 6.61 Å². The quantitative estimate of drug-likeness (QED) is 0.916. The lowest BCUT2D eigenvalue weighted by molar-refractivity contribution is 0.126. The molecule has 4 heteroatoms. The lowest BCUT2D eigenvalue weighted by Crippen LogP contribution is -2.43. The second kappa shape index (κ2) is 5.78. The van der Waals surface area contributed by atoms with E-state index >= 15 is 0 Å². The zero-order chi connectivity index (χ0) is 14.9. The fraction of sp³-hybridized carbons (Fsp3) is 0.294. The summed E-state index contributed by atoms with van der Waals surface area (Å²) < 4.78 is 20.3. The third-order valence-corrected chi connectivity index (χ3v) is 4.85. The Hall–Kier alpha value is -1.39. The van der Waals surface area contributed by atoms with Crippen LogP contribution in [0.1, 0.15) is 11.1 Å². The number of halogens is 2. The normalized spacial score (nSPS) is 20.7. The molecule has 0 saturated heterocycles. The molecule has 1 heterocycles. The van der Waals surface area contributed by atoms with Crippen LogP contribution in [0.4, 0.5) is 4.39 Å². The van der Waals surface area contributed by atoms with Gasteiger partial charge in [0, 0.05) is 16.4 Å². The molecule has 2 aromatic rings. The van der Waals surface area contributed by atoms with Crippen LogP contribution in [0.25, 0.3) is 0 Å². The third-order valence-electron chi connectivity index (χ3n) is 4.08. The molecule has 1 aliphatic heterocycles. The van der Waals surface area contributed by atoms with Crippen molar-refractivity contribution in [3.8, 4) is 5.75 Å². The molecular weight excluding hydrogens is 333 g/mol. The lowest BCUT2D eigenvalue weighted by atomic mass is 9.75. The maximum atomic E-state index is 13.5. The molecule has 21 heavy (non-hydrogen) atoms.